The van der Waals surface area contributed by atoms with Crippen LogP contribution in [-0.2, 0) is 6.61 Å². The van der Waals surface area contributed by atoms with Gasteiger partial charge in [0.25, 0.3) is 23.6 Å². The van der Waals surface area contributed by atoms with Crippen LogP contribution in [0.4, 0.5) is 0 Å². The topological polar surface area (TPSA) is 159 Å². The van der Waals surface area contributed by atoms with Crippen LogP contribution in [0.15, 0.2) is 158 Å². The Labute approximate surface area is 443 Å². The third kappa shape index (κ3) is 11.8. The maximum atomic E-state index is 13.7. The van der Waals surface area contributed by atoms with Gasteiger partial charge in [-0.25, -0.2) is 4.79 Å². The summed E-state index contributed by atoms with van der Waals surface area (Å²) in [5, 5.41) is 11.6. The first-order valence-corrected chi connectivity index (χ1v) is 25.6. The van der Waals surface area contributed by atoms with Crippen LogP contribution in [0.3, 0.4) is 0 Å². The standard InChI is InChI=1S/C31H31N3O3.C30H27N3O4.C2H6/c1-21-9-4-7-13-29(21)37-20-25-10-5-6-12-26(25)30(35)34-16-8-11-24(19-34)22-14-15-23-18-28(31(36)33(2)3)32-27(23)17-22;1-32(2)29(35)27-17-20-14-13-19(16-26(20)31-27)21-8-7-15-33(18-21)28(34)24-11-5-3-9-22(24)23-10-4-6-12-25(23)30(36)37;1-2/h4-7,9-15,17-18,32H,8,16,19-20H2,1-3H3;3-6,8-14,16-17,31H,7,15,18H2,1-2H3,(H,36,37);1-2H3. The smallest absolute Gasteiger partial charge is 0.336 e. The summed E-state index contributed by atoms with van der Waals surface area (Å²) in [6, 6.07) is 45.3. The number of aromatic nitrogens is 2. The Balaban J connectivity index is 0.000000195. The van der Waals surface area contributed by atoms with Gasteiger partial charge in [-0.2, -0.15) is 0 Å². The van der Waals surface area contributed by atoms with Gasteiger partial charge in [0, 0.05) is 92.9 Å². The molecule has 388 valence electrons. The molecule has 0 bridgehead atoms. The first kappa shape index (κ1) is 53.3. The number of para-hydroxylation sites is 1. The van der Waals surface area contributed by atoms with Crippen molar-refractivity contribution in [3.63, 3.8) is 0 Å². The van der Waals surface area contributed by atoms with Gasteiger partial charge in [0.1, 0.15) is 23.7 Å². The summed E-state index contributed by atoms with van der Waals surface area (Å²) in [5.74, 6) is -0.485. The third-order valence-electron chi connectivity index (χ3n) is 13.5. The normalized spacial score (nSPS) is 13.1. The number of hydrogen-bond acceptors (Lipinski definition) is 6. The van der Waals surface area contributed by atoms with Crippen molar-refractivity contribution in [3.05, 3.63) is 208 Å². The molecule has 0 radical (unpaired) electrons. The Morgan fingerprint density at radius 2 is 1.00 bits per heavy atom. The number of rotatable bonds is 11. The van der Waals surface area contributed by atoms with Crippen LogP contribution in [0.5, 0.6) is 5.75 Å². The Morgan fingerprint density at radius 1 is 0.553 bits per heavy atom. The van der Waals surface area contributed by atoms with Gasteiger partial charge in [0.2, 0.25) is 0 Å². The summed E-state index contributed by atoms with van der Waals surface area (Å²) in [5.41, 5.74) is 11.4. The highest BCUT2D eigenvalue weighted by Gasteiger charge is 2.26. The number of amides is 4. The molecule has 2 aliphatic rings. The number of ether oxygens (including phenoxy) is 1. The van der Waals surface area contributed by atoms with E-state index in [1.54, 1.807) is 80.5 Å². The zero-order valence-electron chi connectivity index (χ0n) is 44.1. The van der Waals surface area contributed by atoms with E-state index in [1.807, 2.05) is 117 Å². The van der Waals surface area contributed by atoms with Crippen molar-refractivity contribution in [3.8, 4) is 16.9 Å². The second kappa shape index (κ2) is 23.9. The van der Waals surface area contributed by atoms with Gasteiger partial charge < -0.3 is 39.4 Å². The molecule has 4 heterocycles. The molecule has 0 aliphatic carbocycles. The molecule has 2 aromatic heterocycles. The molecule has 0 fully saturated rings. The minimum absolute atomic E-state index is 0.00870. The quantitative estimate of drug-likeness (QED) is 0.116. The zero-order chi connectivity index (χ0) is 54.0. The summed E-state index contributed by atoms with van der Waals surface area (Å²) in [7, 11) is 6.92. The summed E-state index contributed by atoms with van der Waals surface area (Å²) >= 11 is 0. The molecule has 3 N–H and O–H groups in total. The van der Waals surface area contributed by atoms with Crippen molar-refractivity contribution in [1.82, 2.24) is 29.6 Å². The number of nitrogens with zero attached hydrogens (tertiary/aromatic N) is 4. The van der Waals surface area contributed by atoms with Crippen molar-refractivity contribution in [2.24, 2.45) is 0 Å². The molecule has 13 heteroatoms. The van der Waals surface area contributed by atoms with Crippen molar-refractivity contribution in [2.75, 3.05) is 54.4 Å². The second-order valence-electron chi connectivity index (χ2n) is 19.0. The zero-order valence-corrected chi connectivity index (χ0v) is 44.1. The van der Waals surface area contributed by atoms with E-state index < -0.39 is 5.97 Å². The molecule has 76 heavy (non-hydrogen) atoms. The maximum absolute atomic E-state index is 13.7. The predicted molar refractivity (Wildman–Crippen MR) is 302 cm³/mol. The van der Waals surface area contributed by atoms with Crippen LogP contribution in [0, 0.1) is 6.92 Å². The van der Waals surface area contributed by atoms with Crippen LogP contribution in [0.25, 0.3) is 44.1 Å². The highest BCUT2D eigenvalue weighted by Crippen LogP contribution is 2.32. The number of carbonyl (C=O) groups excluding carboxylic acids is 4. The Morgan fingerprint density at radius 3 is 1.51 bits per heavy atom. The van der Waals surface area contributed by atoms with Gasteiger partial charge in [-0.3, -0.25) is 19.2 Å². The van der Waals surface area contributed by atoms with E-state index in [9.17, 15) is 29.1 Å². The summed E-state index contributed by atoms with van der Waals surface area (Å²) < 4.78 is 6.05. The van der Waals surface area contributed by atoms with Crippen LogP contribution in [0.2, 0.25) is 0 Å². The number of aromatic amines is 2. The Kier molecular flexibility index (Phi) is 16.8. The first-order chi connectivity index (χ1) is 36.7. The van der Waals surface area contributed by atoms with E-state index in [2.05, 4.69) is 34.3 Å². The van der Waals surface area contributed by atoms with Gasteiger partial charge in [-0.15, -0.1) is 0 Å². The predicted octanol–water partition coefficient (Wildman–Crippen LogP) is 11.9. The number of carboxylic acids is 1. The van der Waals surface area contributed by atoms with Gasteiger partial charge in [-0.1, -0.05) is 123 Å². The number of carboxylic acid groups (broad SMARTS) is 1. The number of nitrogens with one attached hydrogen (secondary N) is 2. The van der Waals surface area contributed by atoms with Gasteiger partial charge >= 0.3 is 5.97 Å². The highest BCUT2D eigenvalue weighted by atomic mass is 16.5. The molecule has 0 saturated heterocycles. The average Bonchev–Trinajstić information content (AvgIpc) is 4.11. The number of aryl methyl sites for hydroxylation is 1. The fraction of sp³-hybridized carbons (Fsp3) is 0.222. The summed E-state index contributed by atoms with van der Waals surface area (Å²) in [6.07, 6.45) is 5.84. The minimum atomic E-state index is -1.03. The molecule has 0 unspecified atom stereocenters. The molecule has 0 spiro atoms. The number of fused-ring (bicyclic) bond motifs is 2. The molecule has 0 atom stereocenters. The second-order valence-corrected chi connectivity index (χ2v) is 19.0. The molecule has 8 aromatic rings. The van der Waals surface area contributed by atoms with Crippen molar-refractivity contribution in [1.29, 1.82) is 0 Å². The third-order valence-corrected chi connectivity index (χ3v) is 13.5. The SMILES string of the molecule is CC.CN(C)C(=O)c1cc2ccc(C3=CCCN(C(=O)c4ccccc4-c4ccccc4C(=O)O)C3)cc2[nH]1.Cc1ccccc1OCc1ccccc1C(=O)N1CCC=C(c2ccc3cc(C(=O)N(C)C)[nH]c3c2)C1. The van der Waals surface area contributed by atoms with Crippen LogP contribution in [-0.4, -0.2) is 119 Å². The monoisotopic (exact) mass is 1020 g/mol. The van der Waals surface area contributed by atoms with Crippen molar-refractivity contribution < 1.29 is 33.8 Å². The van der Waals surface area contributed by atoms with E-state index in [0.717, 1.165) is 67.4 Å². The van der Waals surface area contributed by atoms with Gasteiger partial charge in [-0.05, 0) is 107 Å². The van der Waals surface area contributed by atoms with E-state index in [0.29, 0.717) is 72.8 Å². The molecule has 13 nitrogen and oxygen atoms in total. The fourth-order valence-electron chi connectivity index (χ4n) is 9.50. The lowest BCUT2D eigenvalue weighted by Gasteiger charge is -2.28. The molecule has 10 rings (SSSR count). The van der Waals surface area contributed by atoms with E-state index in [1.165, 1.54) is 4.90 Å². The Hall–Kier alpha value is -8.97. The molecular formula is C63H64N6O7. The fourth-order valence-corrected chi connectivity index (χ4v) is 9.50. The lowest BCUT2D eigenvalue weighted by molar-refractivity contribution is 0.0694. The molecule has 0 saturated carbocycles. The van der Waals surface area contributed by atoms with Crippen LogP contribution >= 0.6 is 0 Å². The first-order valence-electron chi connectivity index (χ1n) is 25.6. The number of H-pyrrole nitrogens is 2. The van der Waals surface area contributed by atoms with E-state index >= 15 is 0 Å². The van der Waals surface area contributed by atoms with Crippen molar-refractivity contribution in [2.45, 2.75) is 40.2 Å². The maximum Gasteiger partial charge on any atom is 0.336 e. The summed E-state index contributed by atoms with van der Waals surface area (Å²) in [4.78, 5) is 77.1. The minimum Gasteiger partial charge on any atom is -0.489 e. The summed E-state index contributed by atoms with van der Waals surface area (Å²) in [6.45, 7) is 8.55. The molecular weight excluding hydrogens is 953 g/mol. The van der Waals surface area contributed by atoms with Crippen LogP contribution in [0.1, 0.15) is 101 Å². The van der Waals surface area contributed by atoms with Gasteiger partial charge in [0.05, 0.1) is 5.56 Å². The van der Waals surface area contributed by atoms with E-state index in [-0.39, 0.29) is 29.2 Å². The number of carbonyl (C=O) groups is 5. The van der Waals surface area contributed by atoms with E-state index in [4.69, 9.17) is 4.74 Å². The largest absolute Gasteiger partial charge is 0.489 e. The number of hydrogen-bond donors (Lipinski definition) is 3. The number of aromatic carboxylic acids is 1. The number of benzene rings is 6. The lowest BCUT2D eigenvalue weighted by Crippen LogP contribution is -2.36. The molecule has 4 amide bonds. The molecule has 2 aliphatic heterocycles. The van der Waals surface area contributed by atoms with Crippen LogP contribution < -0.4 is 4.74 Å². The Bertz CT molecular complexity index is 3530. The molecule has 6 aromatic carbocycles. The van der Waals surface area contributed by atoms with Crippen molar-refractivity contribution >= 4 is 62.6 Å². The van der Waals surface area contributed by atoms with Gasteiger partial charge in [0.15, 0.2) is 0 Å². The highest BCUT2D eigenvalue weighted by molar-refractivity contribution is 6.06. The average molecular weight is 1020 g/mol. The lowest BCUT2D eigenvalue weighted by atomic mass is 9.94.